The summed E-state index contributed by atoms with van der Waals surface area (Å²) in [6.07, 6.45) is 1.96. The number of phenolic OH excluding ortho intramolecular Hbond substituents is 1. The third kappa shape index (κ3) is 3.16. The Morgan fingerprint density at radius 2 is 1.76 bits per heavy atom. The number of aromatic hydroxyl groups is 1. The van der Waals surface area contributed by atoms with E-state index >= 15 is 0 Å². The van der Waals surface area contributed by atoms with Gasteiger partial charge in [-0.15, -0.1) is 4.91 Å². The Balaban J connectivity index is 2.05. The van der Waals surface area contributed by atoms with Crippen molar-refractivity contribution in [3.63, 3.8) is 0 Å². The minimum atomic E-state index is 0.150. The van der Waals surface area contributed by atoms with Gasteiger partial charge in [-0.25, -0.2) is 4.98 Å². The van der Waals surface area contributed by atoms with E-state index in [1.165, 1.54) is 5.56 Å². The molecule has 0 aliphatic heterocycles. The van der Waals surface area contributed by atoms with Gasteiger partial charge < -0.3 is 9.67 Å². The lowest BCUT2D eigenvalue weighted by Crippen LogP contribution is -2.01. The number of unbranched alkanes of at least 4 members (excludes halogenated alkanes) is 1. The van der Waals surface area contributed by atoms with Crippen molar-refractivity contribution in [2.24, 2.45) is 5.18 Å². The molecule has 1 heterocycles. The Morgan fingerprint density at radius 1 is 1.07 bits per heavy atom. The largest absolute Gasteiger partial charge is 0.505 e. The van der Waals surface area contributed by atoms with Crippen LogP contribution in [0.5, 0.6) is 5.75 Å². The average molecular weight is 387 g/mol. The lowest BCUT2D eigenvalue weighted by molar-refractivity contribution is 0.483. The second-order valence-corrected chi connectivity index (χ2v) is 7.75. The Labute approximate surface area is 170 Å². The molecule has 4 aromatic rings. The monoisotopic (exact) mass is 387 g/mol. The van der Waals surface area contributed by atoms with Gasteiger partial charge in [-0.3, -0.25) is 0 Å². The van der Waals surface area contributed by atoms with Crippen LogP contribution in [0.3, 0.4) is 0 Å². The lowest BCUT2D eigenvalue weighted by Gasteiger charge is -2.12. The lowest BCUT2D eigenvalue weighted by atomic mass is 10.0. The molecule has 3 aromatic carbocycles. The van der Waals surface area contributed by atoms with Crippen molar-refractivity contribution in [1.29, 1.82) is 0 Å². The molecular formula is C24H25N3O2. The van der Waals surface area contributed by atoms with Gasteiger partial charge in [-0.2, -0.15) is 0 Å². The molecule has 0 amide bonds. The number of aromatic nitrogens is 2. The third-order valence-corrected chi connectivity index (χ3v) is 5.52. The number of benzene rings is 3. The maximum Gasteiger partial charge on any atom is 0.149 e. The van der Waals surface area contributed by atoms with Crippen molar-refractivity contribution in [2.45, 2.75) is 46.1 Å². The van der Waals surface area contributed by atoms with Crippen LogP contribution < -0.4 is 0 Å². The van der Waals surface area contributed by atoms with E-state index in [9.17, 15) is 10.0 Å². The number of fused-ring (bicyclic) bond motifs is 2. The van der Waals surface area contributed by atoms with Gasteiger partial charge in [-0.1, -0.05) is 75.7 Å². The first-order chi connectivity index (χ1) is 14.1. The molecule has 0 fully saturated rings. The average Bonchev–Trinajstić information content (AvgIpc) is 3.12. The number of nitroso groups, excluding NO2 is 1. The number of rotatable bonds is 6. The van der Waals surface area contributed by atoms with Gasteiger partial charge in [0.2, 0.25) is 0 Å². The van der Waals surface area contributed by atoms with E-state index < -0.39 is 0 Å². The maximum absolute atomic E-state index is 11.8. The summed E-state index contributed by atoms with van der Waals surface area (Å²) in [7, 11) is 0. The summed E-state index contributed by atoms with van der Waals surface area (Å²) in [4.78, 5) is 16.6. The molecule has 0 atom stereocenters. The molecule has 1 aromatic heterocycles. The highest BCUT2D eigenvalue weighted by molar-refractivity contribution is 6.12. The molecule has 29 heavy (non-hydrogen) atoms. The van der Waals surface area contributed by atoms with Crippen molar-refractivity contribution in [3.05, 3.63) is 59.0 Å². The van der Waals surface area contributed by atoms with Crippen molar-refractivity contribution in [1.82, 2.24) is 9.55 Å². The fourth-order valence-corrected chi connectivity index (χ4v) is 3.87. The van der Waals surface area contributed by atoms with E-state index in [0.717, 1.165) is 24.2 Å². The van der Waals surface area contributed by atoms with Crippen LogP contribution in [0.25, 0.3) is 33.2 Å². The summed E-state index contributed by atoms with van der Waals surface area (Å²) in [5.74, 6) is 1.35. The van der Waals surface area contributed by atoms with Crippen LogP contribution in [0.4, 0.5) is 5.69 Å². The highest BCUT2D eigenvalue weighted by Crippen LogP contribution is 2.43. The topological polar surface area (TPSA) is 67.5 Å². The van der Waals surface area contributed by atoms with Crippen LogP contribution in [0.1, 0.15) is 45.1 Å². The highest BCUT2D eigenvalue weighted by atomic mass is 16.3. The summed E-state index contributed by atoms with van der Waals surface area (Å²) >= 11 is 0. The molecule has 0 aliphatic rings. The standard InChI is InChI=1S/C24H25N3O2/c1-4-5-14-27-22-21(20(26-29)18-8-6-7-9-19(18)23(22)28)25-24(27)17-12-10-16(11-13-17)15(2)3/h6-13,15,28H,4-5,14H2,1-3H3. The summed E-state index contributed by atoms with van der Waals surface area (Å²) in [6, 6.07) is 15.6. The predicted octanol–water partition coefficient (Wildman–Crippen LogP) is 6.88. The normalized spacial score (nSPS) is 11.6. The second-order valence-electron chi connectivity index (χ2n) is 7.75. The Hall–Kier alpha value is -3.21. The van der Waals surface area contributed by atoms with Gasteiger partial charge in [0.05, 0.1) is 0 Å². The van der Waals surface area contributed by atoms with Crippen LogP contribution in [0.15, 0.2) is 53.7 Å². The van der Waals surface area contributed by atoms with E-state index in [4.69, 9.17) is 4.98 Å². The third-order valence-electron chi connectivity index (χ3n) is 5.52. The van der Waals surface area contributed by atoms with E-state index in [1.54, 1.807) is 6.07 Å². The molecule has 5 nitrogen and oxygen atoms in total. The Bertz CT molecular complexity index is 1190. The van der Waals surface area contributed by atoms with Crippen molar-refractivity contribution in [2.75, 3.05) is 0 Å². The van der Waals surface area contributed by atoms with E-state index in [1.807, 2.05) is 22.8 Å². The van der Waals surface area contributed by atoms with Gasteiger partial charge in [-0.05, 0) is 23.1 Å². The molecule has 0 saturated carbocycles. The molecule has 0 bridgehead atoms. The highest BCUT2D eigenvalue weighted by Gasteiger charge is 2.22. The van der Waals surface area contributed by atoms with Crippen LogP contribution in [0.2, 0.25) is 0 Å². The minimum Gasteiger partial charge on any atom is -0.505 e. The van der Waals surface area contributed by atoms with Gasteiger partial charge in [0.1, 0.15) is 28.3 Å². The molecule has 0 unspecified atom stereocenters. The first kappa shape index (κ1) is 19.1. The molecular weight excluding hydrogens is 362 g/mol. The van der Waals surface area contributed by atoms with E-state index in [2.05, 4.69) is 50.2 Å². The summed E-state index contributed by atoms with van der Waals surface area (Å²) in [6.45, 7) is 7.16. The summed E-state index contributed by atoms with van der Waals surface area (Å²) in [5.41, 5.74) is 3.53. The molecule has 4 rings (SSSR count). The van der Waals surface area contributed by atoms with E-state index in [0.29, 0.717) is 34.3 Å². The molecule has 5 heteroatoms. The molecule has 148 valence electrons. The maximum atomic E-state index is 11.8. The summed E-state index contributed by atoms with van der Waals surface area (Å²) in [5, 5.41) is 15.6. The zero-order valence-corrected chi connectivity index (χ0v) is 17.0. The number of hydrogen-bond acceptors (Lipinski definition) is 4. The predicted molar refractivity (Wildman–Crippen MR) is 119 cm³/mol. The molecule has 1 N–H and O–H groups in total. The number of aryl methyl sites for hydroxylation is 1. The molecule has 0 radical (unpaired) electrons. The van der Waals surface area contributed by atoms with E-state index in [-0.39, 0.29) is 11.4 Å². The SMILES string of the molecule is CCCCn1c(-c2ccc(C(C)C)cc2)nc2c(N=O)c3ccccc3c(O)c21. The van der Waals surface area contributed by atoms with Gasteiger partial charge in [0.25, 0.3) is 0 Å². The van der Waals surface area contributed by atoms with Crippen LogP contribution >= 0.6 is 0 Å². The number of phenols is 1. The minimum absolute atomic E-state index is 0.150. The molecule has 0 saturated heterocycles. The first-order valence-corrected chi connectivity index (χ1v) is 10.1. The zero-order chi connectivity index (χ0) is 20.5. The first-order valence-electron chi connectivity index (χ1n) is 10.1. The molecule has 0 spiro atoms. The second kappa shape index (κ2) is 7.66. The van der Waals surface area contributed by atoms with Gasteiger partial charge in [0, 0.05) is 22.9 Å². The van der Waals surface area contributed by atoms with Crippen molar-refractivity contribution < 1.29 is 5.11 Å². The van der Waals surface area contributed by atoms with Crippen LogP contribution in [0, 0.1) is 4.91 Å². The Kier molecular flexibility index (Phi) is 5.05. The number of hydrogen-bond donors (Lipinski definition) is 1. The Morgan fingerprint density at radius 3 is 2.38 bits per heavy atom. The quantitative estimate of drug-likeness (QED) is 0.367. The van der Waals surface area contributed by atoms with Crippen LogP contribution in [-0.2, 0) is 6.54 Å². The fourth-order valence-electron chi connectivity index (χ4n) is 3.87. The molecule has 0 aliphatic carbocycles. The fraction of sp³-hybridized carbons (Fsp3) is 0.292. The van der Waals surface area contributed by atoms with Gasteiger partial charge in [0.15, 0.2) is 0 Å². The van der Waals surface area contributed by atoms with Crippen molar-refractivity contribution >= 4 is 27.5 Å². The summed E-state index contributed by atoms with van der Waals surface area (Å²) < 4.78 is 2.03. The van der Waals surface area contributed by atoms with Crippen molar-refractivity contribution in [3.8, 4) is 17.1 Å². The number of imidazole rings is 1. The zero-order valence-electron chi connectivity index (χ0n) is 17.0. The van der Waals surface area contributed by atoms with Crippen LogP contribution in [-0.4, -0.2) is 14.7 Å². The van der Waals surface area contributed by atoms with Gasteiger partial charge >= 0.3 is 0 Å². The smallest absolute Gasteiger partial charge is 0.149 e. The number of nitrogens with zero attached hydrogens (tertiary/aromatic N) is 3.